The van der Waals surface area contributed by atoms with E-state index in [0.717, 1.165) is 0 Å². The SMILES string of the molecule is Cc1ncccc1Oc1ccc(Cl)cc1NS(=O)(=O)c1cc2ccccc2o1. The molecule has 0 unspecified atom stereocenters. The number of nitrogens with one attached hydrogen (secondary N) is 1. The minimum Gasteiger partial charge on any atom is -0.453 e. The molecule has 1 N–H and O–H groups in total. The van der Waals surface area contributed by atoms with Crippen LogP contribution in [-0.2, 0) is 10.0 Å². The maximum atomic E-state index is 12.8. The summed E-state index contributed by atoms with van der Waals surface area (Å²) < 4.78 is 39.5. The maximum absolute atomic E-state index is 12.8. The lowest BCUT2D eigenvalue weighted by Crippen LogP contribution is -2.12. The number of sulfonamides is 1. The second-order valence-corrected chi connectivity index (χ2v) is 8.09. The number of halogens is 1. The zero-order valence-electron chi connectivity index (χ0n) is 14.7. The van der Waals surface area contributed by atoms with Gasteiger partial charge in [-0.05, 0) is 43.3 Å². The van der Waals surface area contributed by atoms with Crippen LogP contribution in [0.3, 0.4) is 0 Å². The average molecular weight is 415 g/mol. The minimum absolute atomic E-state index is 0.191. The predicted molar refractivity (Wildman–Crippen MR) is 108 cm³/mol. The van der Waals surface area contributed by atoms with Crippen molar-refractivity contribution in [1.29, 1.82) is 0 Å². The largest absolute Gasteiger partial charge is 0.453 e. The standard InChI is InChI=1S/C20H15ClN2O4S/c1-13-17(7-4-10-22-13)26-19-9-8-15(21)12-16(19)23-28(24,25)20-11-14-5-2-3-6-18(14)27-20/h2-12,23H,1H3. The molecular weight excluding hydrogens is 400 g/mol. The molecule has 0 aliphatic heterocycles. The molecule has 28 heavy (non-hydrogen) atoms. The molecule has 0 aliphatic rings. The van der Waals surface area contributed by atoms with Gasteiger partial charge in [-0.1, -0.05) is 29.8 Å². The van der Waals surface area contributed by atoms with Gasteiger partial charge in [0.25, 0.3) is 10.0 Å². The number of ether oxygens (including phenoxy) is 1. The first-order valence-corrected chi connectivity index (χ1v) is 10.2. The third-order valence-corrected chi connectivity index (χ3v) is 5.49. The van der Waals surface area contributed by atoms with Crippen LogP contribution in [0.5, 0.6) is 11.5 Å². The number of nitrogens with zero attached hydrogens (tertiary/aromatic N) is 1. The number of pyridine rings is 1. The summed E-state index contributed by atoms with van der Waals surface area (Å²) in [6, 6.07) is 16.7. The third-order valence-electron chi connectivity index (χ3n) is 4.03. The monoisotopic (exact) mass is 414 g/mol. The Morgan fingerprint density at radius 2 is 1.86 bits per heavy atom. The van der Waals surface area contributed by atoms with Gasteiger partial charge in [0.2, 0.25) is 5.09 Å². The topological polar surface area (TPSA) is 81.4 Å². The first-order chi connectivity index (χ1) is 13.4. The number of para-hydroxylation sites is 1. The molecule has 2 aromatic carbocycles. The summed E-state index contributed by atoms with van der Waals surface area (Å²) in [4.78, 5) is 4.16. The first kappa shape index (κ1) is 18.3. The highest BCUT2D eigenvalue weighted by Crippen LogP contribution is 2.35. The Kier molecular flexibility index (Phi) is 4.70. The molecular formula is C20H15ClN2O4S. The maximum Gasteiger partial charge on any atom is 0.295 e. The fourth-order valence-corrected chi connectivity index (χ4v) is 3.86. The average Bonchev–Trinajstić information content (AvgIpc) is 3.11. The lowest BCUT2D eigenvalue weighted by Gasteiger charge is -2.14. The fraction of sp³-hybridized carbons (Fsp3) is 0.0500. The van der Waals surface area contributed by atoms with E-state index in [-0.39, 0.29) is 10.8 Å². The molecule has 6 nitrogen and oxygen atoms in total. The van der Waals surface area contributed by atoms with Gasteiger partial charge in [0, 0.05) is 22.7 Å². The molecule has 0 radical (unpaired) electrons. The highest BCUT2D eigenvalue weighted by Gasteiger charge is 2.22. The molecule has 142 valence electrons. The van der Waals surface area contributed by atoms with E-state index in [4.69, 9.17) is 20.8 Å². The van der Waals surface area contributed by atoms with E-state index in [1.54, 1.807) is 61.7 Å². The van der Waals surface area contributed by atoms with Crippen molar-refractivity contribution in [2.75, 3.05) is 4.72 Å². The molecule has 0 saturated carbocycles. The van der Waals surface area contributed by atoms with Crippen LogP contribution < -0.4 is 9.46 Å². The van der Waals surface area contributed by atoms with Gasteiger partial charge in [0.1, 0.15) is 11.3 Å². The Bertz CT molecular complexity index is 1240. The van der Waals surface area contributed by atoms with Gasteiger partial charge in [0.05, 0.1) is 11.4 Å². The molecule has 0 bridgehead atoms. The summed E-state index contributed by atoms with van der Waals surface area (Å²) in [5.74, 6) is 0.800. The van der Waals surface area contributed by atoms with Gasteiger partial charge in [-0.25, -0.2) is 0 Å². The van der Waals surface area contributed by atoms with Crippen LogP contribution >= 0.6 is 11.6 Å². The van der Waals surface area contributed by atoms with Crippen LogP contribution in [0.15, 0.2) is 76.4 Å². The number of benzene rings is 2. The zero-order chi connectivity index (χ0) is 19.7. The van der Waals surface area contributed by atoms with Crippen LogP contribution in [0.1, 0.15) is 5.69 Å². The lowest BCUT2D eigenvalue weighted by atomic mass is 10.3. The third kappa shape index (κ3) is 3.67. The number of fused-ring (bicyclic) bond motifs is 1. The number of hydrogen-bond acceptors (Lipinski definition) is 5. The van der Waals surface area contributed by atoms with Crippen molar-refractivity contribution in [3.63, 3.8) is 0 Å². The van der Waals surface area contributed by atoms with E-state index >= 15 is 0 Å². The van der Waals surface area contributed by atoms with Crippen LogP contribution in [0.2, 0.25) is 5.02 Å². The van der Waals surface area contributed by atoms with Crippen LogP contribution in [0.25, 0.3) is 11.0 Å². The van der Waals surface area contributed by atoms with E-state index in [0.29, 0.717) is 33.2 Å². The number of aryl methyl sites for hydroxylation is 1. The molecule has 0 fully saturated rings. The van der Waals surface area contributed by atoms with Crippen LogP contribution in [0, 0.1) is 6.92 Å². The summed E-state index contributed by atoms with van der Waals surface area (Å²) in [6.07, 6.45) is 1.65. The van der Waals surface area contributed by atoms with E-state index < -0.39 is 10.0 Å². The van der Waals surface area contributed by atoms with E-state index in [9.17, 15) is 8.42 Å². The Hall–Kier alpha value is -3.03. The normalized spacial score (nSPS) is 11.5. The Morgan fingerprint density at radius 1 is 1.04 bits per heavy atom. The molecule has 0 amide bonds. The highest BCUT2D eigenvalue weighted by atomic mass is 35.5. The van der Waals surface area contributed by atoms with Gasteiger partial charge < -0.3 is 9.15 Å². The molecule has 0 aliphatic carbocycles. The van der Waals surface area contributed by atoms with Crippen LogP contribution in [-0.4, -0.2) is 13.4 Å². The highest BCUT2D eigenvalue weighted by molar-refractivity contribution is 7.92. The second-order valence-electron chi connectivity index (χ2n) is 6.04. The molecule has 0 atom stereocenters. The Balaban J connectivity index is 1.70. The molecule has 2 aromatic heterocycles. The molecule has 2 heterocycles. The van der Waals surface area contributed by atoms with Crippen molar-refractivity contribution >= 4 is 38.3 Å². The molecule has 0 saturated heterocycles. The predicted octanol–water partition coefficient (Wildman–Crippen LogP) is 5.38. The van der Waals surface area contributed by atoms with E-state index in [2.05, 4.69) is 9.71 Å². The van der Waals surface area contributed by atoms with Gasteiger partial charge in [-0.15, -0.1) is 0 Å². The van der Waals surface area contributed by atoms with Crippen molar-refractivity contribution in [2.24, 2.45) is 0 Å². The van der Waals surface area contributed by atoms with E-state index in [1.807, 2.05) is 0 Å². The number of aromatic nitrogens is 1. The van der Waals surface area contributed by atoms with Crippen molar-refractivity contribution in [3.05, 3.63) is 77.6 Å². The Labute approximate surface area is 166 Å². The molecule has 4 rings (SSSR count). The van der Waals surface area contributed by atoms with Gasteiger partial charge in [-0.3, -0.25) is 9.71 Å². The zero-order valence-corrected chi connectivity index (χ0v) is 16.3. The summed E-state index contributed by atoms with van der Waals surface area (Å²) in [5.41, 5.74) is 1.34. The van der Waals surface area contributed by atoms with Crippen molar-refractivity contribution in [3.8, 4) is 11.5 Å². The van der Waals surface area contributed by atoms with Gasteiger partial charge in [0.15, 0.2) is 5.75 Å². The van der Waals surface area contributed by atoms with E-state index in [1.165, 1.54) is 12.1 Å². The summed E-state index contributed by atoms with van der Waals surface area (Å²) in [6.45, 7) is 1.80. The Morgan fingerprint density at radius 3 is 2.64 bits per heavy atom. The second kappa shape index (κ2) is 7.18. The molecule has 4 aromatic rings. The van der Waals surface area contributed by atoms with Gasteiger partial charge in [-0.2, -0.15) is 8.42 Å². The van der Waals surface area contributed by atoms with Gasteiger partial charge >= 0.3 is 0 Å². The summed E-state index contributed by atoms with van der Waals surface area (Å²) >= 11 is 6.06. The lowest BCUT2D eigenvalue weighted by molar-refractivity contribution is 0.476. The quantitative estimate of drug-likeness (QED) is 0.474. The number of anilines is 1. The molecule has 0 spiro atoms. The van der Waals surface area contributed by atoms with Crippen molar-refractivity contribution in [2.45, 2.75) is 12.0 Å². The fourth-order valence-electron chi connectivity index (χ4n) is 2.65. The first-order valence-electron chi connectivity index (χ1n) is 8.33. The number of hydrogen-bond donors (Lipinski definition) is 1. The molecule has 8 heteroatoms. The van der Waals surface area contributed by atoms with Crippen LogP contribution in [0.4, 0.5) is 5.69 Å². The number of furan rings is 1. The summed E-state index contributed by atoms with van der Waals surface area (Å²) in [5, 5.41) is 0.853. The minimum atomic E-state index is -3.99. The number of rotatable bonds is 5. The van der Waals surface area contributed by atoms with Crippen molar-refractivity contribution < 1.29 is 17.6 Å². The summed E-state index contributed by atoms with van der Waals surface area (Å²) in [7, 11) is -3.99. The smallest absolute Gasteiger partial charge is 0.295 e. The van der Waals surface area contributed by atoms with Crippen molar-refractivity contribution in [1.82, 2.24) is 4.98 Å².